The third kappa shape index (κ3) is 2.35. The van der Waals surface area contributed by atoms with Crippen molar-refractivity contribution in [2.45, 2.75) is 39.5 Å². The minimum Gasteiger partial charge on any atom is -0.481 e. The molecule has 0 aliphatic heterocycles. The van der Waals surface area contributed by atoms with Gasteiger partial charge in [-0.05, 0) is 31.6 Å². The van der Waals surface area contributed by atoms with E-state index in [2.05, 4.69) is 22.2 Å². The summed E-state index contributed by atoms with van der Waals surface area (Å²) in [6.45, 7) is 5.26. The van der Waals surface area contributed by atoms with Gasteiger partial charge in [-0.25, -0.2) is 9.97 Å². The zero-order valence-electron chi connectivity index (χ0n) is 10.9. The molecule has 4 heteroatoms. The summed E-state index contributed by atoms with van der Waals surface area (Å²) in [5.41, 5.74) is 1.48. The van der Waals surface area contributed by atoms with Gasteiger partial charge in [-0.15, -0.1) is 0 Å². The van der Waals surface area contributed by atoms with Gasteiger partial charge < -0.3 is 10.1 Å². The lowest BCUT2D eigenvalue weighted by molar-refractivity contribution is 0.145. The fraction of sp³-hybridized carbons (Fsp3) is 0.692. The highest BCUT2D eigenvalue weighted by atomic mass is 16.5. The molecular formula is C13H21N3O. The third-order valence-electron chi connectivity index (χ3n) is 4.03. The van der Waals surface area contributed by atoms with E-state index in [4.69, 9.17) is 4.74 Å². The molecule has 17 heavy (non-hydrogen) atoms. The van der Waals surface area contributed by atoms with Gasteiger partial charge in [-0.1, -0.05) is 13.3 Å². The third-order valence-corrected chi connectivity index (χ3v) is 4.03. The fourth-order valence-electron chi connectivity index (χ4n) is 2.42. The summed E-state index contributed by atoms with van der Waals surface area (Å²) in [4.78, 5) is 8.36. The van der Waals surface area contributed by atoms with Crippen LogP contribution in [-0.4, -0.2) is 23.6 Å². The molecule has 1 saturated carbocycles. The predicted molar refractivity (Wildman–Crippen MR) is 68.4 cm³/mol. The molecule has 1 aromatic heterocycles. The summed E-state index contributed by atoms with van der Waals surface area (Å²) in [6.07, 6.45) is 6.81. The molecule has 1 aliphatic rings. The van der Waals surface area contributed by atoms with Gasteiger partial charge in [0.15, 0.2) is 0 Å². The van der Waals surface area contributed by atoms with Gasteiger partial charge in [0.25, 0.3) is 0 Å². The number of aromatic nitrogens is 2. The monoisotopic (exact) mass is 235 g/mol. The number of ether oxygens (including phenoxy) is 1. The normalized spacial score (nSPS) is 17.4. The molecule has 94 valence electrons. The molecule has 2 rings (SSSR count). The Morgan fingerprint density at radius 3 is 2.71 bits per heavy atom. The quantitative estimate of drug-likeness (QED) is 0.852. The van der Waals surface area contributed by atoms with Gasteiger partial charge in [0.1, 0.15) is 12.1 Å². The number of nitrogens with zero attached hydrogens (tertiary/aromatic N) is 2. The Balaban J connectivity index is 2.04. The number of hydrogen-bond donors (Lipinski definition) is 1. The molecule has 4 nitrogen and oxygen atoms in total. The minimum atomic E-state index is 0.491. The zero-order chi connectivity index (χ0) is 12.3. The Morgan fingerprint density at radius 1 is 1.41 bits per heavy atom. The van der Waals surface area contributed by atoms with E-state index in [1.54, 1.807) is 13.4 Å². The average molecular weight is 235 g/mol. The van der Waals surface area contributed by atoms with Crippen molar-refractivity contribution in [3.8, 4) is 5.88 Å². The lowest BCUT2D eigenvalue weighted by Crippen LogP contribution is -2.36. The van der Waals surface area contributed by atoms with E-state index in [9.17, 15) is 0 Å². The van der Waals surface area contributed by atoms with E-state index in [1.165, 1.54) is 25.7 Å². The Kier molecular flexibility index (Phi) is 3.50. The molecule has 1 heterocycles. The molecule has 0 unspecified atom stereocenters. The molecule has 0 bridgehead atoms. The summed E-state index contributed by atoms with van der Waals surface area (Å²) in [5, 5.41) is 3.45. The highest BCUT2D eigenvalue weighted by Gasteiger charge is 2.34. The summed E-state index contributed by atoms with van der Waals surface area (Å²) >= 11 is 0. The van der Waals surface area contributed by atoms with Crippen LogP contribution in [0, 0.1) is 12.3 Å². The zero-order valence-corrected chi connectivity index (χ0v) is 10.9. The second-order valence-electron chi connectivity index (χ2n) is 4.92. The average Bonchev–Trinajstić information content (AvgIpc) is 2.30. The van der Waals surface area contributed by atoms with Crippen molar-refractivity contribution in [2.24, 2.45) is 5.41 Å². The first kappa shape index (κ1) is 12.1. The first-order chi connectivity index (χ1) is 8.21. The highest BCUT2D eigenvalue weighted by molar-refractivity contribution is 5.47. The second-order valence-corrected chi connectivity index (χ2v) is 4.92. The molecule has 0 radical (unpaired) electrons. The van der Waals surface area contributed by atoms with Crippen LogP contribution in [0.4, 0.5) is 5.82 Å². The van der Waals surface area contributed by atoms with E-state index in [0.29, 0.717) is 11.3 Å². The SMILES string of the molecule is CCC1(CNc2ncnc(OC)c2C)CCC1. The summed E-state index contributed by atoms with van der Waals surface area (Å²) in [5.74, 6) is 1.55. The van der Waals surface area contributed by atoms with Crippen LogP contribution in [-0.2, 0) is 0 Å². The summed E-state index contributed by atoms with van der Waals surface area (Å²) < 4.78 is 5.19. The van der Waals surface area contributed by atoms with Crippen LogP contribution in [0.15, 0.2) is 6.33 Å². The Hall–Kier alpha value is -1.32. The number of methoxy groups -OCH3 is 1. The molecule has 0 amide bonds. The van der Waals surface area contributed by atoms with Crippen LogP contribution in [0.5, 0.6) is 5.88 Å². The number of anilines is 1. The van der Waals surface area contributed by atoms with Crippen LogP contribution in [0.25, 0.3) is 0 Å². The van der Waals surface area contributed by atoms with Gasteiger partial charge in [0, 0.05) is 6.54 Å². The van der Waals surface area contributed by atoms with E-state index in [0.717, 1.165) is 17.9 Å². The van der Waals surface area contributed by atoms with E-state index in [-0.39, 0.29) is 0 Å². The van der Waals surface area contributed by atoms with Crippen LogP contribution in [0.2, 0.25) is 0 Å². The topological polar surface area (TPSA) is 47.0 Å². The van der Waals surface area contributed by atoms with Crippen molar-refractivity contribution in [3.05, 3.63) is 11.9 Å². The molecule has 1 aliphatic carbocycles. The standard InChI is InChI=1S/C13H21N3O/c1-4-13(6-5-7-13)8-14-11-10(2)12(17-3)16-9-15-11/h9H,4-8H2,1-3H3,(H,14,15,16). The molecule has 0 aromatic carbocycles. The maximum absolute atomic E-state index is 5.19. The Labute approximate surface area is 103 Å². The van der Waals surface area contributed by atoms with E-state index < -0.39 is 0 Å². The van der Waals surface area contributed by atoms with Gasteiger partial charge in [-0.3, -0.25) is 0 Å². The second kappa shape index (κ2) is 4.90. The fourth-order valence-corrected chi connectivity index (χ4v) is 2.42. The molecule has 0 saturated heterocycles. The van der Waals surface area contributed by atoms with Crippen LogP contribution < -0.4 is 10.1 Å². The lowest BCUT2D eigenvalue weighted by Gasteiger charge is -2.41. The Morgan fingerprint density at radius 2 is 2.18 bits per heavy atom. The first-order valence-corrected chi connectivity index (χ1v) is 6.30. The van der Waals surface area contributed by atoms with Gasteiger partial charge >= 0.3 is 0 Å². The number of rotatable bonds is 5. The van der Waals surface area contributed by atoms with Crippen molar-refractivity contribution in [3.63, 3.8) is 0 Å². The van der Waals surface area contributed by atoms with E-state index in [1.807, 2.05) is 6.92 Å². The minimum absolute atomic E-state index is 0.491. The van der Waals surface area contributed by atoms with Gasteiger partial charge in [-0.2, -0.15) is 0 Å². The van der Waals surface area contributed by atoms with Crippen LogP contribution in [0.1, 0.15) is 38.2 Å². The van der Waals surface area contributed by atoms with Crippen molar-refractivity contribution in [2.75, 3.05) is 19.0 Å². The van der Waals surface area contributed by atoms with Crippen molar-refractivity contribution in [1.29, 1.82) is 0 Å². The molecule has 1 aromatic rings. The molecule has 1 fully saturated rings. The van der Waals surface area contributed by atoms with Gasteiger partial charge in [0.2, 0.25) is 5.88 Å². The molecular weight excluding hydrogens is 214 g/mol. The van der Waals surface area contributed by atoms with Crippen molar-refractivity contribution >= 4 is 5.82 Å². The van der Waals surface area contributed by atoms with Crippen LogP contribution >= 0.6 is 0 Å². The first-order valence-electron chi connectivity index (χ1n) is 6.30. The predicted octanol–water partition coefficient (Wildman–Crippen LogP) is 2.79. The largest absolute Gasteiger partial charge is 0.481 e. The number of hydrogen-bond acceptors (Lipinski definition) is 4. The van der Waals surface area contributed by atoms with Gasteiger partial charge in [0.05, 0.1) is 12.7 Å². The maximum atomic E-state index is 5.19. The van der Waals surface area contributed by atoms with Crippen molar-refractivity contribution < 1.29 is 4.74 Å². The maximum Gasteiger partial charge on any atom is 0.221 e. The van der Waals surface area contributed by atoms with Crippen molar-refractivity contribution in [1.82, 2.24) is 9.97 Å². The highest BCUT2D eigenvalue weighted by Crippen LogP contribution is 2.43. The lowest BCUT2D eigenvalue weighted by atomic mass is 9.67. The molecule has 0 atom stereocenters. The summed E-state index contributed by atoms with van der Waals surface area (Å²) in [7, 11) is 1.64. The number of nitrogens with one attached hydrogen (secondary N) is 1. The summed E-state index contributed by atoms with van der Waals surface area (Å²) in [6, 6.07) is 0. The molecule has 0 spiro atoms. The Bertz CT molecular complexity index is 383. The molecule has 1 N–H and O–H groups in total. The smallest absolute Gasteiger partial charge is 0.221 e. The van der Waals surface area contributed by atoms with E-state index >= 15 is 0 Å². The van der Waals surface area contributed by atoms with Crippen LogP contribution in [0.3, 0.4) is 0 Å².